The molecule has 5 heteroatoms. The molecule has 2 heterocycles. The van der Waals surface area contributed by atoms with Crippen molar-refractivity contribution in [2.24, 2.45) is 11.7 Å². The van der Waals surface area contributed by atoms with Crippen LogP contribution in [0.25, 0.3) is 0 Å². The number of fused-ring (bicyclic) bond motifs is 2. The molecular formula is C11H18N2O3. The van der Waals surface area contributed by atoms with Crippen molar-refractivity contribution < 1.29 is 14.3 Å². The lowest BCUT2D eigenvalue weighted by atomic mass is 10.0. The molecule has 3 unspecified atom stereocenters. The van der Waals surface area contributed by atoms with E-state index in [2.05, 4.69) is 0 Å². The van der Waals surface area contributed by atoms with Gasteiger partial charge in [0, 0.05) is 12.6 Å². The Labute approximate surface area is 94.9 Å². The number of ether oxygens (including phenoxy) is 1. The average molecular weight is 226 g/mol. The molecule has 2 N–H and O–H groups in total. The van der Waals surface area contributed by atoms with Crippen molar-refractivity contribution in [3.05, 3.63) is 0 Å². The fraction of sp³-hybridized carbons (Fsp3) is 0.818. The molecule has 0 radical (unpaired) electrons. The van der Waals surface area contributed by atoms with Crippen molar-refractivity contribution in [3.63, 3.8) is 0 Å². The van der Waals surface area contributed by atoms with Gasteiger partial charge < -0.3 is 10.5 Å². The van der Waals surface area contributed by atoms with Crippen LogP contribution in [-0.2, 0) is 14.3 Å². The van der Waals surface area contributed by atoms with E-state index in [-0.39, 0.29) is 23.8 Å². The number of rotatable bonds is 3. The highest BCUT2D eigenvalue weighted by molar-refractivity contribution is 6.02. The third kappa shape index (κ3) is 1.85. The summed E-state index contributed by atoms with van der Waals surface area (Å²) in [6.07, 6.45) is 0.481. The minimum Gasteiger partial charge on any atom is -0.355 e. The summed E-state index contributed by atoms with van der Waals surface area (Å²) < 4.78 is 5.31. The largest absolute Gasteiger partial charge is 0.355 e. The molecular weight excluding hydrogens is 208 g/mol. The van der Waals surface area contributed by atoms with Gasteiger partial charge in [0.2, 0.25) is 0 Å². The van der Waals surface area contributed by atoms with Gasteiger partial charge >= 0.3 is 0 Å². The maximum absolute atomic E-state index is 11.9. The van der Waals surface area contributed by atoms with Crippen molar-refractivity contribution in [2.75, 3.05) is 6.54 Å². The third-order valence-corrected chi connectivity index (χ3v) is 3.35. The van der Waals surface area contributed by atoms with Gasteiger partial charge in [0.25, 0.3) is 11.8 Å². The Bertz CT molecular complexity index is 294. The smallest absolute Gasteiger partial charge is 0.258 e. The molecule has 2 fully saturated rings. The maximum atomic E-state index is 11.9. The Balaban J connectivity index is 2.08. The van der Waals surface area contributed by atoms with Gasteiger partial charge in [-0.25, -0.2) is 0 Å². The van der Waals surface area contributed by atoms with E-state index in [9.17, 15) is 9.59 Å². The SMILES string of the molecule is CC(C)C(N)CN1C(=O)C2CCC(O2)C1=O. The highest BCUT2D eigenvalue weighted by atomic mass is 16.5. The van der Waals surface area contributed by atoms with Crippen molar-refractivity contribution in [3.8, 4) is 0 Å². The summed E-state index contributed by atoms with van der Waals surface area (Å²) in [6, 6.07) is -0.162. The molecule has 5 nitrogen and oxygen atoms in total. The minimum absolute atomic E-state index is 0.162. The van der Waals surface area contributed by atoms with Gasteiger partial charge in [-0.05, 0) is 18.8 Å². The van der Waals surface area contributed by atoms with E-state index in [0.29, 0.717) is 19.4 Å². The van der Waals surface area contributed by atoms with Crippen molar-refractivity contribution in [1.82, 2.24) is 4.90 Å². The van der Waals surface area contributed by atoms with Gasteiger partial charge in [0.05, 0.1) is 0 Å². The highest BCUT2D eigenvalue weighted by Crippen LogP contribution is 2.28. The van der Waals surface area contributed by atoms with Crippen LogP contribution in [0, 0.1) is 5.92 Å². The molecule has 2 bridgehead atoms. The van der Waals surface area contributed by atoms with Crippen LogP contribution in [0.2, 0.25) is 0 Å². The Morgan fingerprint density at radius 2 is 1.81 bits per heavy atom. The lowest BCUT2D eigenvalue weighted by molar-refractivity contribution is -0.168. The topological polar surface area (TPSA) is 72.6 Å². The first-order valence-electron chi connectivity index (χ1n) is 5.77. The summed E-state index contributed by atoms with van der Waals surface area (Å²) in [6.45, 7) is 4.27. The lowest BCUT2D eigenvalue weighted by Gasteiger charge is -2.32. The lowest BCUT2D eigenvalue weighted by Crippen LogP contribution is -2.55. The first kappa shape index (κ1) is 11.5. The molecule has 0 spiro atoms. The summed E-state index contributed by atoms with van der Waals surface area (Å²) in [5.74, 6) is -0.175. The molecule has 0 aromatic carbocycles. The number of hydrogen-bond acceptors (Lipinski definition) is 4. The van der Waals surface area contributed by atoms with Crippen molar-refractivity contribution in [1.29, 1.82) is 0 Å². The van der Waals surface area contributed by atoms with Crippen LogP contribution in [0.4, 0.5) is 0 Å². The summed E-state index contributed by atoms with van der Waals surface area (Å²) in [4.78, 5) is 25.0. The fourth-order valence-electron chi connectivity index (χ4n) is 2.06. The number of morpholine rings is 1. The number of nitrogens with two attached hydrogens (primary N) is 1. The Morgan fingerprint density at radius 3 is 2.25 bits per heavy atom. The molecule has 0 aromatic heterocycles. The standard InChI is InChI=1S/C11H18N2O3/c1-6(2)7(12)5-13-10(14)8-3-4-9(16-8)11(13)15/h6-9H,3-5,12H2,1-2H3. The zero-order valence-corrected chi connectivity index (χ0v) is 9.68. The van der Waals surface area contributed by atoms with E-state index in [1.54, 1.807) is 0 Å². The number of hydrogen-bond donors (Lipinski definition) is 1. The van der Waals surface area contributed by atoms with Gasteiger partial charge in [-0.15, -0.1) is 0 Å². The molecule has 90 valence electrons. The number of nitrogens with zero attached hydrogens (tertiary/aromatic N) is 1. The molecule has 2 saturated heterocycles. The Kier molecular flexibility index (Phi) is 2.99. The van der Waals surface area contributed by atoms with Gasteiger partial charge in [-0.2, -0.15) is 0 Å². The van der Waals surface area contributed by atoms with Gasteiger partial charge in [-0.1, -0.05) is 13.8 Å². The molecule has 2 aliphatic rings. The summed E-state index contributed by atoms with van der Waals surface area (Å²) in [5.41, 5.74) is 5.90. The van der Waals surface area contributed by atoms with E-state index in [1.165, 1.54) is 4.90 Å². The molecule has 16 heavy (non-hydrogen) atoms. The molecule has 0 saturated carbocycles. The second-order valence-corrected chi connectivity index (χ2v) is 4.89. The first-order chi connectivity index (χ1) is 7.50. The Morgan fingerprint density at radius 1 is 1.31 bits per heavy atom. The Hall–Kier alpha value is -0.940. The van der Waals surface area contributed by atoms with Crippen LogP contribution in [0.5, 0.6) is 0 Å². The molecule has 0 aliphatic carbocycles. The summed E-state index contributed by atoms with van der Waals surface area (Å²) in [7, 11) is 0. The normalized spacial score (nSPS) is 31.4. The van der Waals surface area contributed by atoms with Gasteiger partial charge in [0.15, 0.2) is 0 Å². The minimum atomic E-state index is -0.415. The number of imide groups is 1. The van der Waals surface area contributed by atoms with Gasteiger partial charge in [-0.3, -0.25) is 14.5 Å². The van der Waals surface area contributed by atoms with E-state index in [4.69, 9.17) is 10.5 Å². The monoisotopic (exact) mass is 226 g/mol. The van der Waals surface area contributed by atoms with Crippen LogP contribution in [-0.4, -0.2) is 41.5 Å². The van der Waals surface area contributed by atoms with Crippen LogP contribution in [0.1, 0.15) is 26.7 Å². The molecule has 2 amide bonds. The molecule has 2 rings (SSSR count). The van der Waals surface area contributed by atoms with Crippen molar-refractivity contribution in [2.45, 2.75) is 44.9 Å². The number of carbonyl (C=O) groups is 2. The van der Waals surface area contributed by atoms with Crippen LogP contribution >= 0.6 is 0 Å². The van der Waals surface area contributed by atoms with Gasteiger partial charge in [0.1, 0.15) is 12.2 Å². The highest BCUT2D eigenvalue weighted by Gasteiger charge is 2.46. The second-order valence-electron chi connectivity index (χ2n) is 4.89. The summed E-state index contributed by atoms with van der Waals surface area (Å²) in [5, 5.41) is 0. The van der Waals surface area contributed by atoms with Crippen molar-refractivity contribution >= 4 is 11.8 Å². The van der Waals surface area contributed by atoms with E-state index >= 15 is 0 Å². The molecule has 0 aromatic rings. The van der Waals surface area contributed by atoms with Crippen LogP contribution in [0.15, 0.2) is 0 Å². The molecule has 2 aliphatic heterocycles. The van der Waals surface area contributed by atoms with E-state index < -0.39 is 12.2 Å². The average Bonchev–Trinajstić information content (AvgIpc) is 2.68. The third-order valence-electron chi connectivity index (χ3n) is 3.35. The second kappa shape index (κ2) is 4.14. The maximum Gasteiger partial charge on any atom is 0.258 e. The number of amides is 2. The molecule has 3 atom stereocenters. The fourth-order valence-corrected chi connectivity index (χ4v) is 2.06. The zero-order chi connectivity index (χ0) is 11.9. The van der Waals surface area contributed by atoms with E-state index in [0.717, 1.165) is 0 Å². The van der Waals surface area contributed by atoms with E-state index in [1.807, 2.05) is 13.8 Å². The predicted octanol–water partition coefficient (Wildman–Crippen LogP) is -0.114. The summed E-state index contributed by atoms with van der Waals surface area (Å²) >= 11 is 0. The predicted molar refractivity (Wildman–Crippen MR) is 57.4 cm³/mol. The number of likely N-dealkylation sites (tertiary alicyclic amines) is 1. The van der Waals surface area contributed by atoms with Crippen LogP contribution < -0.4 is 5.73 Å². The number of carbonyl (C=O) groups excluding carboxylic acids is 2. The van der Waals surface area contributed by atoms with Crippen LogP contribution in [0.3, 0.4) is 0 Å². The first-order valence-corrected chi connectivity index (χ1v) is 5.77. The zero-order valence-electron chi connectivity index (χ0n) is 9.68. The quantitative estimate of drug-likeness (QED) is 0.681.